The van der Waals surface area contributed by atoms with Gasteiger partial charge in [-0.05, 0) is 0 Å². The molecule has 63 valence electrons. The molecule has 11 heavy (non-hydrogen) atoms. The molecule has 0 aliphatic rings. The Kier molecular flexibility index (Phi) is 2.38. The summed E-state index contributed by atoms with van der Waals surface area (Å²) in [5.74, 6) is 0. The molecule has 1 aromatic rings. The van der Waals surface area contributed by atoms with Gasteiger partial charge in [0.25, 0.3) is 0 Å². The number of hydrogen-bond acceptors (Lipinski definition) is 0. The van der Waals surface area contributed by atoms with E-state index in [1.807, 2.05) is 19.8 Å². The Bertz CT molecular complexity index is 237. The molecule has 0 heterocycles. The van der Waals surface area contributed by atoms with Gasteiger partial charge in [0.1, 0.15) is 0 Å². The molecular weight excluding hydrogens is 336 g/mol. The van der Waals surface area contributed by atoms with E-state index in [-0.39, 0.29) is 0 Å². The van der Waals surface area contributed by atoms with Crippen LogP contribution in [0.1, 0.15) is 5.56 Å². The molecule has 0 N–H and O–H groups in total. The average Bonchev–Trinajstić information content (AvgIpc) is 1.86. The van der Waals surface area contributed by atoms with Crippen molar-refractivity contribution in [2.24, 2.45) is 0 Å². The summed E-state index contributed by atoms with van der Waals surface area (Å²) in [6, 6.07) is 5.01. The zero-order valence-electron chi connectivity index (χ0n) is 5.26. The van der Waals surface area contributed by atoms with Crippen LogP contribution in [-0.4, -0.2) is 0 Å². The van der Waals surface area contributed by atoms with E-state index in [4.69, 9.17) is 0 Å². The van der Waals surface area contributed by atoms with E-state index in [1.54, 1.807) is 0 Å². The summed E-state index contributed by atoms with van der Waals surface area (Å²) in [6.45, 7) is 0. The molecule has 0 saturated heterocycles. The van der Waals surface area contributed by atoms with Gasteiger partial charge in [-0.2, -0.15) is 0 Å². The predicted octanol–water partition coefficient (Wildman–Crippen LogP) is 1.88. The van der Waals surface area contributed by atoms with Gasteiger partial charge in [-0.1, -0.05) is 0 Å². The van der Waals surface area contributed by atoms with E-state index in [2.05, 4.69) is 0 Å². The van der Waals surface area contributed by atoms with Gasteiger partial charge in [0.15, 0.2) is 0 Å². The number of benzene rings is 1. The Labute approximate surface area is 73.3 Å². The Balaban J connectivity index is 2.99. The van der Waals surface area contributed by atoms with Gasteiger partial charge in [-0.25, -0.2) is 0 Å². The molecule has 0 spiro atoms. The zero-order chi connectivity index (χ0) is 8.48. The van der Waals surface area contributed by atoms with E-state index in [0.717, 1.165) is 16.1 Å². The molecule has 0 unspecified atom stereocenters. The van der Waals surface area contributed by atoms with Crippen LogP contribution < -0.4 is 3.95 Å². The van der Waals surface area contributed by atoms with E-state index in [9.17, 15) is 13.2 Å². The molecule has 0 aromatic heterocycles. The molecule has 0 nitrogen and oxygen atoms in total. The van der Waals surface area contributed by atoms with Gasteiger partial charge in [0.05, 0.1) is 0 Å². The molecule has 0 radical (unpaired) electrons. The van der Waals surface area contributed by atoms with Crippen LogP contribution in [-0.2, 0) is 26.0 Å². The number of halogens is 3. The van der Waals surface area contributed by atoms with Crippen molar-refractivity contribution in [1.82, 2.24) is 0 Å². The number of rotatable bonds is 0. The van der Waals surface area contributed by atoms with Crippen molar-refractivity contribution >= 4 is 3.95 Å². The van der Waals surface area contributed by atoms with Gasteiger partial charge in [0, 0.05) is 0 Å². The summed E-state index contributed by atoms with van der Waals surface area (Å²) in [6.07, 6.45) is -4.22. The van der Waals surface area contributed by atoms with Crippen LogP contribution in [0.5, 0.6) is 0 Å². The third kappa shape index (κ3) is 2.33. The molecule has 0 aliphatic heterocycles. The van der Waals surface area contributed by atoms with Crippen LogP contribution in [0.25, 0.3) is 0 Å². The quantitative estimate of drug-likeness (QED) is 0.677. The summed E-state index contributed by atoms with van der Waals surface area (Å²) in [7, 11) is 0. The van der Waals surface area contributed by atoms with Crippen molar-refractivity contribution in [3.63, 3.8) is 0 Å². The van der Waals surface area contributed by atoms with Gasteiger partial charge >= 0.3 is 72.9 Å². The monoisotopic (exact) mass is 340 g/mol. The standard InChI is InChI=1S/C7H4F3.Pt/c8-7(9,10)6-4-2-1-3-5-6;/h2-5H;. The fourth-order valence-corrected chi connectivity index (χ4v) is 1.01. The molecule has 0 fully saturated rings. The van der Waals surface area contributed by atoms with Crippen LogP contribution in [0, 0.1) is 0 Å². The van der Waals surface area contributed by atoms with E-state index < -0.39 is 11.7 Å². The van der Waals surface area contributed by atoms with Crippen LogP contribution >= 0.6 is 0 Å². The Morgan fingerprint density at radius 2 is 1.45 bits per heavy atom. The van der Waals surface area contributed by atoms with Crippen LogP contribution in [0.3, 0.4) is 0 Å². The first-order valence-corrected chi connectivity index (χ1v) is 3.93. The SMILES string of the molecule is FC(F)(F)c1cc[c]([Pt])cc1. The maximum absolute atomic E-state index is 11.9. The van der Waals surface area contributed by atoms with Crippen molar-refractivity contribution in [1.29, 1.82) is 0 Å². The predicted molar refractivity (Wildman–Crippen MR) is 31.1 cm³/mol. The second kappa shape index (κ2) is 2.98. The minimum absolute atomic E-state index is 0.599. The van der Waals surface area contributed by atoms with Gasteiger partial charge in [0.2, 0.25) is 0 Å². The molecule has 0 aliphatic carbocycles. The molecule has 1 rings (SSSR count). The summed E-state index contributed by atoms with van der Waals surface area (Å²) >= 11 is 1.94. The third-order valence-corrected chi connectivity index (χ3v) is 1.91. The molecule has 0 atom stereocenters. The van der Waals surface area contributed by atoms with Crippen LogP contribution in [0.2, 0.25) is 0 Å². The summed E-state index contributed by atoms with van der Waals surface area (Å²) in [4.78, 5) is 0. The Morgan fingerprint density at radius 3 is 1.82 bits per heavy atom. The Morgan fingerprint density at radius 1 is 1.00 bits per heavy atom. The molecule has 4 heteroatoms. The number of alkyl halides is 3. The van der Waals surface area contributed by atoms with E-state index in [0.29, 0.717) is 0 Å². The van der Waals surface area contributed by atoms with Crippen molar-refractivity contribution in [2.45, 2.75) is 6.18 Å². The molecule has 0 saturated carbocycles. The number of hydrogen-bond donors (Lipinski definition) is 0. The van der Waals surface area contributed by atoms with Gasteiger partial charge < -0.3 is 0 Å². The fourth-order valence-electron chi connectivity index (χ4n) is 0.629. The van der Waals surface area contributed by atoms with Crippen molar-refractivity contribution in [3.8, 4) is 0 Å². The first kappa shape index (κ1) is 8.79. The van der Waals surface area contributed by atoms with E-state index in [1.165, 1.54) is 12.1 Å². The van der Waals surface area contributed by atoms with Gasteiger partial charge in [-0.3, -0.25) is 0 Å². The summed E-state index contributed by atoms with van der Waals surface area (Å²) in [5.41, 5.74) is -0.599. The van der Waals surface area contributed by atoms with Crippen molar-refractivity contribution in [3.05, 3.63) is 29.8 Å². The summed E-state index contributed by atoms with van der Waals surface area (Å²) < 4.78 is 36.6. The maximum atomic E-state index is 11.9. The molecule has 1 aromatic carbocycles. The van der Waals surface area contributed by atoms with Crippen molar-refractivity contribution < 1.29 is 33.0 Å². The first-order chi connectivity index (χ1) is 5.00. The topological polar surface area (TPSA) is 0 Å². The van der Waals surface area contributed by atoms with Crippen LogP contribution in [0.15, 0.2) is 24.3 Å². The fraction of sp³-hybridized carbons (Fsp3) is 0.143. The molecule has 0 amide bonds. The molecule has 0 bridgehead atoms. The minimum atomic E-state index is -4.22. The van der Waals surface area contributed by atoms with Crippen LogP contribution in [0.4, 0.5) is 13.2 Å². The van der Waals surface area contributed by atoms with Gasteiger partial charge in [-0.15, -0.1) is 0 Å². The van der Waals surface area contributed by atoms with E-state index >= 15 is 0 Å². The normalized spacial score (nSPS) is 11.7. The second-order valence-electron chi connectivity index (χ2n) is 1.97. The summed E-state index contributed by atoms with van der Waals surface area (Å²) in [5, 5.41) is 0. The molecular formula is C7H4F3Pt. The Hall–Kier alpha value is -0.302. The zero-order valence-corrected chi connectivity index (χ0v) is 7.53. The second-order valence-corrected chi connectivity index (χ2v) is 3.28. The third-order valence-electron chi connectivity index (χ3n) is 1.15. The first-order valence-electron chi connectivity index (χ1n) is 2.80. The van der Waals surface area contributed by atoms with Crippen molar-refractivity contribution in [2.75, 3.05) is 0 Å². The average molecular weight is 340 g/mol.